The van der Waals surface area contributed by atoms with Crippen LogP contribution in [0.5, 0.6) is 5.75 Å². The Kier molecular flexibility index (Phi) is 5.86. The Hall–Kier alpha value is -1.77. The van der Waals surface area contributed by atoms with Crippen LogP contribution >= 0.6 is 0 Å². The Morgan fingerprint density at radius 3 is 2.82 bits per heavy atom. The van der Waals surface area contributed by atoms with Gasteiger partial charge in [-0.15, -0.1) is 0 Å². The van der Waals surface area contributed by atoms with Crippen molar-refractivity contribution in [1.82, 2.24) is 5.32 Å². The van der Waals surface area contributed by atoms with E-state index in [1.54, 1.807) is 6.08 Å². The number of carbonyl (C=O) groups excluding carboxylic acids is 1. The first-order valence-corrected chi connectivity index (χ1v) is 5.95. The molecular formula is C14H19NO2. The van der Waals surface area contributed by atoms with Gasteiger partial charge in [-0.1, -0.05) is 25.1 Å². The summed E-state index contributed by atoms with van der Waals surface area (Å²) in [7, 11) is 0. The third-order valence-corrected chi connectivity index (χ3v) is 2.18. The van der Waals surface area contributed by atoms with Gasteiger partial charge in [0.15, 0.2) is 0 Å². The first kappa shape index (κ1) is 13.3. The molecule has 0 saturated carbocycles. The monoisotopic (exact) mass is 233 g/mol. The molecule has 3 heteroatoms. The quantitative estimate of drug-likeness (QED) is 0.767. The van der Waals surface area contributed by atoms with E-state index in [0.29, 0.717) is 13.2 Å². The lowest BCUT2D eigenvalue weighted by Crippen LogP contribution is -2.21. The van der Waals surface area contributed by atoms with Crippen molar-refractivity contribution in [3.63, 3.8) is 0 Å². The van der Waals surface area contributed by atoms with E-state index in [1.165, 1.54) is 6.08 Å². The Morgan fingerprint density at radius 1 is 1.35 bits per heavy atom. The van der Waals surface area contributed by atoms with Gasteiger partial charge >= 0.3 is 0 Å². The largest absolute Gasteiger partial charge is 0.493 e. The van der Waals surface area contributed by atoms with Crippen LogP contribution in [-0.4, -0.2) is 19.1 Å². The van der Waals surface area contributed by atoms with Crippen LogP contribution in [0.2, 0.25) is 0 Å². The molecule has 0 heterocycles. The molecule has 92 valence electrons. The van der Waals surface area contributed by atoms with Gasteiger partial charge in [-0.3, -0.25) is 4.79 Å². The highest BCUT2D eigenvalue weighted by atomic mass is 16.5. The summed E-state index contributed by atoms with van der Waals surface area (Å²) in [6.07, 6.45) is 4.25. The molecule has 1 aromatic rings. The summed E-state index contributed by atoms with van der Waals surface area (Å²) < 4.78 is 5.47. The number of amides is 1. The third kappa shape index (κ3) is 4.72. The average Bonchev–Trinajstić information content (AvgIpc) is 2.35. The van der Waals surface area contributed by atoms with E-state index in [-0.39, 0.29) is 5.91 Å². The minimum atomic E-state index is -0.0712. The van der Waals surface area contributed by atoms with Gasteiger partial charge < -0.3 is 10.1 Å². The molecule has 1 amide bonds. The molecule has 0 spiro atoms. The molecule has 0 aliphatic carbocycles. The average molecular weight is 233 g/mol. The molecule has 1 rings (SSSR count). The van der Waals surface area contributed by atoms with Crippen molar-refractivity contribution in [2.24, 2.45) is 0 Å². The minimum absolute atomic E-state index is 0.0712. The van der Waals surface area contributed by atoms with Crippen LogP contribution in [-0.2, 0) is 4.79 Å². The van der Waals surface area contributed by atoms with Crippen LogP contribution < -0.4 is 10.1 Å². The van der Waals surface area contributed by atoms with Crippen molar-refractivity contribution in [3.05, 3.63) is 35.9 Å². The first-order valence-electron chi connectivity index (χ1n) is 5.95. The molecule has 0 aliphatic heterocycles. The van der Waals surface area contributed by atoms with Crippen LogP contribution in [0.15, 0.2) is 30.3 Å². The van der Waals surface area contributed by atoms with Gasteiger partial charge in [0.2, 0.25) is 5.91 Å². The molecule has 0 fully saturated rings. The highest BCUT2D eigenvalue weighted by molar-refractivity contribution is 5.92. The third-order valence-electron chi connectivity index (χ3n) is 2.18. The fourth-order valence-corrected chi connectivity index (χ4v) is 1.38. The van der Waals surface area contributed by atoms with Crippen LogP contribution in [0, 0.1) is 0 Å². The maximum Gasteiger partial charge on any atom is 0.244 e. The number of para-hydroxylation sites is 1. The van der Waals surface area contributed by atoms with Gasteiger partial charge in [0.1, 0.15) is 5.75 Å². The summed E-state index contributed by atoms with van der Waals surface area (Å²) >= 11 is 0. The van der Waals surface area contributed by atoms with Crippen molar-refractivity contribution < 1.29 is 9.53 Å². The number of hydrogen-bond donors (Lipinski definition) is 1. The first-order chi connectivity index (χ1) is 8.27. The Bertz CT molecular complexity index is 386. The lowest BCUT2D eigenvalue weighted by molar-refractivity contribution is -0.116. The zero-order valence-electron chi connectivity index (χ0n) is 10.4. The topological polar surface area (TPSA) is 38.3 Å². The lowest BCUT2D eigenvalue weighted by atomic mass is 10.2. The molecular weight excluding hydrogens is 214 g/mol. The summed E-state index contributed by atoms with van der Waals surface area (Å²) in [6, 6.07) is 7.66. The number of benzene rings is 1. The molecule has 0 bridgehead atoms. The van der Waals surface area contributed by atoms with Crippen molar-refractivity contribution in [3.8, 4) is 5.75 Å². The summed E-state index contributed by atoms with van der Waals surface area (Å²) in [5, 5.41) is 2.79. The van der Waals surface area contributed by atoms with Crippen LogP contribution in [0.25, 0.3) is 6.08 Å². The summed E-state index contributed by atoms with van der Waals surface area (Å²) in [5.74, 6) is 0.729. The fourth-order valence-electron chi connectivity index (χ4n) is 1.38. The Balaban J connectivity index is 2.66. The second-order valence-electron chi connectivity index (χ2n) is 3.60. The van der Waals surface area contributed by atoms with Gasteiger partial charge in [-0.25, -0.2) is 0 Å². The van der Waals surface area contributed by atoms with Crippen molar-refractivity contribution in [1.29, 1.82) is 0 Å². The number of ether oxygens (including phenoxy) is 1. The van der Waals surface area contributed by atoms with E-state index >= 15 is 0 Å². The molecule has 0 unspecified atom stereocenters. The van der Waals surface area contributed by atoms with E-state index in [0.717, 1.165) is 17.7 Å². The molecule has 1 N–H and O–H groups in total. The summed E-state index contributed by atoms with van der Waals surface area (Å²) in [4.78, 5) is 11.4. The zero-order chi connectivity index (χ0) is 12.5. The Labute approximate surface area is 102 Å². The Morgan fingerprint density at radius 2 is 2.12 bits per heavy atom. The minimum Gasteiger partial charge on any atom is -0.493 e. The van der Waals surface area contributed by atoms with Gasteiger partial charge in [0, 0.05) is 18.2 Å². The standard InChI is InChI=1S/C14H19NO2/c1-3-11-15-14(16)10-9-12-7-5-6-8-13(12)17-4-2/h5-10H,3-4,11H2,1-2H3,(H,15,16)/b10-9-. The number of carbonyl (C=O) groups is 1. The van der Waals surface area contributed by atoms with Crippen molar-refractivity contribution in [2.45, 2.75) is 20.3 Å². The molecule has 0 saturated heterocycles. The van der Waals surface area contributed by atoms with Crippen molar-refractivity contribution in [2.75, 3.05) is 13.2 Å². The maximum absolute atomic E-state index is 11.4. The van der Waals surface area contributed by atoms with Crippen LogP contribution in [0.4, 0.5) is 0 Å². The molecule has 1 aromatic carbocycles. The predicted octanol–water partition coefficient (Wildman–Crippen LogP) is 2.62. The normalized spacial score (nSPS) is 10.5. The smallest absolute Gasteiger partial charge is 0.244 e. The number of rotatable bonds is 6. The van der Waals surface area contributed by atoms with Gasteiger partial charge in [0.05, 0.1) is 6.61 Å². The molecule has 17 heavy (non-hydrogen) atoms. The molecule has 3 nitrogen and oxygen atoms in total. The zero-order valence-corrected chi connectivity index (χ0v) is 10.4. The van der Waals surface area contributed by atoms with Gasteiger partial charge in [0.25, 0.3) is 0 Å². The van der Waals surface area contributed by atoms with E-state index in [2.05, 4.69) is 5.32 Å². The second kappa shape index (κ2) is 7.49. The van der Waals surface area contributed by atoms with Crippen LogP contribution in [0.1, 0.15) is 25.8 Å². The fraction of sp³-hybridized carbons (Fsp3) is 0.357. The SMILES string of the molecule is CCCNC(=O)/C=C\c1ccccc1OCC. The van der Waals surface area contributed by atoms with Crippen LogP contribution in [0.3, 0.4) is 0 Å². The molecule has 0 aromatic heterocycles. The maximum atomic E-state index is 11.4. The summed E-state index contributed by atoms with van der Waals surface area (Å²) in [5.41, 5.74) is 0.918. The van der Waals surface area contributed by atoms with E-state index in [9.17, 15) is 4.79 Å². The van der Waals surface area contributed by atoms with E-state index in [4.69, 9.17) is 4.74 Å². The number of nitrogens with one attached hydrogen (secondary N) is 1. The molecule has 0 radical (unpaired) electrons. The van der Waals surface area contributed by atoms with E-state index in [1.807, 2.05) is 38.1 Å². The lowest BCUT2D eigenvalue weighted by Gasteiger charge is -2.06. The predicted molar refractivity (Wildman–Crippen MR) is 69.9 cm³/mol. The van der Waals surface area contributed by atoms with Crippen molar-refractivity contribution >= 4 is 12.0 Å². The van der Waals surface area contributed by atoms with Gasteiger partial charge in [-0.05, 0) is 25.5 Å². The number of hydrogen-bond acceptors (Lipinski definition) is 2. The highest BCUT2D eigenvalue weighted by Crippen LogP contribution is 2.19. The molecule has 0 aliphatic rings. The van der Waals surface area contributed by atoms with E-state index < -0.39 is 0 Å². The second-order valence-corrected chi connectivity index (χ2v) is 3.60. The summed E-state index contributed by atoms with van der Waals surface area (Å²) in [6.45, 7) is 5.28. The highest BCUT2D eigenvalue weighted by Gasteiger charge is 1.99. The molecule has 0 atom stereocenters. The van der Waals surface area contributed by atoms with Gasteiger partial charge in [-0.2, -0.15) is 0 Å².